The molecule has 0 N–H and O–H groups in total. The highest BCUT2D eigenvalue weighted by Gasteiger charge is 2.24. The maximum Gasteiger partial charge on any atom is 0.223 e. The lowest BCUT2D eigenvalue weighted by Crippen LogP contribution is -1.90. The third kappa shape index (κ3) is 2.45. The molecule has 0 amide bonds. The molecule has 5 aromatic carbocycles. The molecular weight excluding hydrogens is 466 g/mol. The molecule has 9 rings (SSSR count). The standard InChI is InChI=1S/C33H21N5/c1-20-15-16-22(21-9-3-2-4-10-21)17-24(20)23-18-29-31-30(19-23)37-28-14-8-6-12-26(28)35-33(37)38(31)32-34-25-11-5-7-13-27(25)36(29)32/h2-19H,1H3. The van der Waals surface area contributed by atoms with Gasteiger partial charge in [-0.3, -0.25) is 8.80 Å². The molecule has 5 heteroatoms. The SMILES string of the molecule is Cc1ccc(-c2ccccc2)cc1-c1cc2c3c(c1)n1c4ccccc4nc1n3c1nc3ccccc3n21. The first-order valence-corrected chi connectivity index (χ1v) is 12.9. The number of para-hydroxylation sites is 4. The molecule has 0 spiro atoms. The highest BCUT2D eigenvalue weighted by atomic mass is 15.3. The van der Waals surface area contributed by atoms with Crippen LogP contribution < -0.4 is 0 Å². The van der Waals surface area contributed by atoms with Crippen molar-refractivity contribution in [2.24, 2.45) is 0 Å². The number of rotatable bonds is 2. The van der Waals surface area contributed by atoms with Gasteiger partial charge in [0.2, 0.25) is 11.6 Å². The number of benzene rings is 5. The minimum absolute atomic E-state index is 0.892. The Labute approximate surface area is 217 Å². The predicted molar refractivity (Wildman–Crippen MR) is 154 cm³/mol. The number of aromatic nitrogens is 5. The maximum atomic E-state index is 5.07. The van der Waals surface area contributed by atoms with Crippen LogP contribution in [0.5, 0.6) is 0 Å². The third-order valence-corrected chi connectivity index (χ3v) is 7.92. The van der Waals surface area contributed by atoms with E-state index in [-0.39, 0.29) is 0 Å². The van der Waals surface area contributed by atoms with E-state index in [0.29, 0.717) is 0 Å². The zero-order chi connectivity index (χ0) is 25.0. The summed E-state index contributed by atoms with van der Waals surface area (Å²) in [5.41, 5.74) is 13.7. The quantitative estimate of drug-likeness (QED) is 0.250. The lowest BCUT2D eigenvalue weighted by molar-refractivity contribution is 1.15. The molecule has 0 atom stereocenters. The van der Waals surface area contributed by atoms with Gasteiger partial charge in [-0.25, -0.2) is 14.4 Å². The Morgan fingerprint density at radius 1 is 0.474 bits per heavy atom. The summed E-state index contributed by atoms with van der Waals surface area (Å²) in [5, 5.41) is 0. The largest absolute Gasteiger partial charge is 0.276 e. The molecule has 178 valence electrons. The Balaban J connectivity index is 1.47. The predicted octanol–water partition coefficient (Wildman–Crippen LogP) is 7.77. The zero-order valence-corrected chi connectivity index (χ0v) is 20.6. The molecule has 0 unspecified atom stereocenters. The summed E-state index contributed by atoms with van der Waals surface area (Å²) in [7, 11) is 0. The highest BCUT2D eigenvalue weighted by molar-refractivity contribution is 6.06. The fourth-order valence-corrected chi connectivity index (χ4v) is 6.16. The average Bonchev–Trinajstić information content (AvgIpc) is 3.68. The van der Waals surface area contributed by atoms with E-state index < -0.39 is 0 Å². The fraction of sp³-hybridized carbons (Fsp3) is 0.0303. The Morgan fingerprint density at radius 3 is 1.68 bits per heavy atom. The van der Waals surface area contributed by atoms with Crippen LogP contribution in [-0.2, 0) is 0 Å². The molecule has 0 aliphatic heterocycles. The molecule has 0 fully saturated rings. The first-order valence-electron chi connectivity index (χ1n) is 12.9. The summed E-state index contributed by atoms with van der Waals surface area (Å²) >= 11 is 0. The van der Waals surface area contributed by atoms with Crippen LogP contribution in [0, 0.1) is 6.92 Å². The van der Waals surface area contributed by atoms with Gasteiger partial charge >= 0.3 is 0 Å². The second-order valence-corrected chi connectivity index (χ2v) is 10.1. The van der Waals surface area contributed by atoms with Gasteiger partial charge in [0.15, 0.2) is 0 Å². The van der Waals surface area contributed by atoms with Crippen LogP contribution in [0.1, 0.15) is 5.56 Å². The van der Waals surface area contributed by atoms with Crippen LogP contribution in [0.4, 0.5) is 0 Å². The molecule has 38 heavy (non-hydrogen) atoms. The first-order chi connectivity index (χ1) is 18.8. The number of hydrogen-bond acceptors (Lipinski definition) is 2. The van der Waals surface area contributed by atoms with Crippen molar-refractivity contribution in [3.8, 4) is 22.3 Å². The minimum Gasteiger partial charge on any atom is -0.276 e. The summed E-state index contributed by atoms with van der Waals surface area (Å²) in [6.07, 6.45) is 0. The van der Waals surface area contributed by atoms with Crippen molar-refractivity contribution in [1.82, 2.24) is 23.2 Å². The summed E-state index contributed by atoms with van der Waals surface area (Å²) in [6, 6.07) is 38.7. The van der Waals surface area contributed by atoms with E-state index in [1.807, 2.05) is 12.1 Å². The van der Waals surface area contributed by atoms with Gasteiger partial charge in [-0.05, 0) is 77.2 Å². The molecule has 4 aromatic heterocycles. The van der Waals surface area contributed by atoms with Crippen LogP contribution in [0.2, 0.25) is 0 Å². The third-order valence-electron chi connectivity index (χ3n) is 7.92. The zero-order valence-electron chi connectivity index (χ0n) is 20.6. The van der Waals surface area contributed by atoms with Gasteiger partial charge in [-0.1, -0.05) is 66.7 Å². The van der Waals surface area contributed by atoms with E-state index in [1.165, 1.54) is 27.8 Å². The maximum absolute atomic E-state index is 5.07. The number of imidazole rings is 4. The summed E-state index contributed by atoms with van der Waals surface area (Å²) < 4.78 is 6.80. The second-order valence-electron chi connectivity index (χ2n) is 10.1. The van der Waals surface area contributed by atoms with Gasteiger partial charge in [0.05, 0.1) is 33.1 Å². The van der Waals surface area contributed by atoms with E-state index in [9.17, 15) is 0 Å². The van der Waals surface area contributed by atoms with Crippen LogP contribution in [-0.4, -0.2) is 23.2 Å². The van der Waals surface area contributed by atoms with Gasteiger partial charge in [0.1, 0.15) is 5.52 Å². The first kappa shape index (κ1) is 20.0. The molecule has 9 aromatic rings. The topological polar surface area (TPSA) is 39.0 Å². The van der Waals surface area contributed by atoms with Crippen molar-refractivity contribution >= 4 is 50.2 Å². The van der Waals surface area contributed by atoms with Gasteiger partial charge in [0, 0.05) is 0 Å². The lowest BCUT2D eigenvalue weighted by Gasteiger charge is -2.11. The Bertz CT molecular complexity index is 2230. The monoisotopic (exact) mass is 487 g/mol. The van der Waals surface area contributed by atoms with Crippen molar-refractivity contribution in [1.29, 1.82) is 0 Å². The molecular formula is C33H21N5. The Hall–Kier alpha value is -5.16. The second kappa shape index (κ2) is 6.99. The van der Waals surface area contributed by atoms with Crippen molar-refractivity contribution in [3.63, 3.8) is 0 Å². The molecule has 4 heterocycles. The van der Waals surface area contributed by atoms with Crippen molar-refractivity contribution in [2.45, 2.75) is 6.92 Å². The van der Waals surface area contributed by atoms with Gasteiger partial charge in [-0.15, -0.1) is 0 Å². The van der Waals surface area contributed by atoms with E-state index in [4.69, 9.17) is 9.97 Å². The van der Waals surface area contributed by atoms with Gasteiger partial charge in [0.25, 0.3) is 0 Å². The molecule has 0 aliphatic rings. The molecule has 5 nitrogen and oxygen atoms in total. The highest BCUT2D eigenvalue weighted by Crippen LogP contribution is 2.39. The van der Waals surface area contributed by atoms with Crippen LogP contribution in [0.25, 0.3) is 72.4 Å². The normalized spacial score (nSPS) is 12.3. The Kier molecular flexibility index (Phi) is 3.67. The molecule has 0 bridgehead atoms. The molecule has 0 saturated carbocycles. The van der Waals surface area contributed by atoms with Crippen molar-refractivity contribution in [3.05, 3.63) is 115 Å². The van der Waals surface area contributed by atoms with E-state index in [1.54, 1.807) is 0 Å². The molecule has 0 radical (unpaired) electrons. The summed E-state index contributed by atoms with van der Waals surface area (Å²) in [4.78, 5) is 10.1. The lowest BCUT2D eigenvalue weighted by atomic mass is 9.95. The average molecular weight is 488 g/mol. The van der Waals surface area contributed by atoms with E-state index in [0.717, 1.165) is 50.2 Å². The minimum atomic E-state index is 0.892. The van der Waals surface area contributed by atoms with Crippen LogP contribution in [0.15, 0.2) is 109 Å². The van der Waals surface area contributed by atoms with Crippen molar-refractivity contribution in [2.75, 3.05) is 0 Å². The summed E-state index contributed by atoms with van der Waals surface area (Å²) in [5.74, 6) is 1.78. The summed E-state index contributed by atoms with van der Waals surface area (Å²) in [6.45, 7) is 2.19. The van der Waals surface area contributed by atoms with Crippen LogP contribution >= 0.6 is 0 Å². The van der Waals surface area contributed by atoms with Crippen LogP contribution in [0.3, 0.4) is 0 Å². The number of hydrogen-bond donors (Lipinski definition) is 0. The van der Waals surface area contributed by atoms with Gasteiger partial charge < -0.3 is 0 Å². The van der Waals surface area contributed by atoms with Crippen molar-refractivity contribution < 1.29 is 0 Å². The number of aryl methyl sites for hydroxylation is 1. The van der Waals surface area contributed by atoms with E-state index >= 15 is 0 Å². The molecule has 0 aliphatic carbocycles. The molecule has 0 saturated heterocycles. The smallest absolute Gasteiger partial charge is 0.223 e. The van der Waals surface area contributed by atoms with Gasteiger partial charge in [-0.2, -0.15) is 0 Å². The fourth-order valence-electron chi connectivity index (χ4n) is 6.16. The number of fused-ring (bicyclic) bond motifs is 10. The Morgan fingerprint density at radius 2 is 1.05 bits per heavy atom. The van der Waals surface area contributed by atoms with E-state index in [2.05, 4.69) is 117 Å². The number of nitrogens with zero attached hydrogens (tertiary/aromatic N) is 5.